The van der Waals surface area contributed by atoms with E-state index in [0.29, 0.717) is 0 Å². The topological polar surface area (TPSA) is 64.9 Å². The summed E-state index contributed by atoms with van der Waals surface area (Å²) in [6.07, 6.45) is 5.57. The molecule has 0 spiro atoms. The fourth-order valence-electron chi connectivity index (χ4n) is 3.96. The normalized spacial score (nSPS) is 16.1. The van der Waals surface area contributed by atoms with Crippen LogP contribution in [0.25, 0.3) is 5.69 Å². The number of anilines is 1. The first-order chi connectivity index (χ1) is 13.2. The van der Waals surface area contributed by atoms with Gasteiger partial charge in [-0.2, -0.15) is 4.68 Å². The third-order valence-corrected chi connectivity index (χ3v) is 5.42. The van der Waals surface area contributed by atoms with Crippen LogP contribution in [-0.4, -0.2) is 27.3 Å². The van der Waals surface area contributed by atoms with E-state index in [-0.39, 0.29) is 5.54 Å². The second kappa shape index (κ2) is 7.39. The summed E-state index contributed by atoms with van der Waals surface area (Å²) >= 11 is 0. The number of rotatable bonds is 5. The number of benzene rings is 2. The van der Waals surface area contributed by atoms with E-state index in [2.05, 4.69) is 52.0 Å². The number of tetrazole rings is 1. The van der Waals surface area contributed by atoms with E-state index in [1.54, 1.807) is 7.11 Å². The fraction of sp³-hybridized carbons (Fsp3) is 0.381. The standard InChI is InChI=1S/C21H25N5O/c1-16-8-4-5-9-19(16)26-20(23-24-25-26)21(14-6-3-7-15-21)22-17-10-12-18(27-2)13-11-17/h4-5,8-13,22H,3,6-7,14-15H2,1-2H3. The highest BCUT2D eigenvalue weighted by Gasteiger charge is 2.39. The molecule has 0 atom stereocenters. The van der Waals surface area contributed by atoms with Crippen molar-refractivity contribution in [2.75, 3.05) is 12.4 Å². The van der Waals surface area contributed by atoms with E-state index < -0.39 is 0 Å². The molecule has 0 saturated heterocycles. The zero-order valence-electron chi connectivity index (χ0n) is 15.9. The average Bonchev–Trinajstić information content (AvgIpc) is 3.20. The fourth-order valence-corrected chi connectivity index (χ4v) is 3.96. The van der Waals surface area contributed by atoms with Crippen LogP contribution < -0.4 is 10.1 Å². The maximum atomic E-state index is 5.28. The molecule has 1 N–H and O–H groups in total. The van der Waals surface area contributed by atoms with Crippen molar-refractivity contribution in [3.63, 3.8) is 0 Å². The monoisotopic (exact) mass is 363 g/mol. The molecule has 3 aromatic rings. The Morgan fingerprint density at radius 2 is 1.74 bits per heavy atom. The quantitative estimate of drug-likeness (QED) is 0.734. The van der Waals surface area contributed by atoms with Crippen molar-refractivity contribution in [3.05, 3.63) is 59.9 Å². The number of methoxy groups -OCH3 is 1. The van der Waals surface area contributed by atoms with E-state index in [1.807, 2.05) is 28.9 Å². The van der Waals surface area contributed by atoms with Crippen molar-refractivity contribution in [3.8, 4) is 11.4 Å². The number of aromatic nitrogens is 4. The van der Waals surface area contributed by atoms with Gasteiger partial charge in [0.1, 0.15) is 5.75 Å². The first-order valence-electron chi connectivity index (χ1n) is 9.49. The SMILES string of the molecule is COc1ccc(NC2(c3nnnn3-c3ccccc3C)CCCCC2)cc1. The van der Waals surface area contributed by atoms with Gasteiger partial charge in [0.2, 0.25) is 0 Å². The molecule has 0 amide bonds. The molecule has 6 nitrogen and oxygen atoms in total. The van der Waals surface area contributed by atoms with Crippen LogP contribution >= 0.6 is 0 Å². The molecule has 2 aromatic carbocycles. The zero-order valence-corrected chi connectivity index (χ0v) is 15.9. The molecule has 6 heteroatoms. The molecular formula is C21H25N5O. The van der Waals surface area contributed by atoms with Crippen molar-refractivity contribution >= 4 is 5.69 Å². The zero-order chi connectivity index (χ0) is 18.7. The minimum atomic E-state index is -0.279. The summed E-state index contributed by atoms with van der Waals surface area (Å²) in [6, 6.07) is 16.3. The summed E-state index contributed by atoms with van der Waals surface area (Å²) in [7, 11) is 1.68. The highest BCUT2D eigenvalue weighted by Crippen LogP contribution is 2.40. The molecule has 1 fully saturated rings. The van der Waals surface area contributed by atoms with Crippen LogP contribution in [0.15, 0.2) is 48.5 Å². The number of hydrogen-bond acceptors (Lipinski definition) is 5. The first-order valence-corrected chi connectivity index (χ1v) is 9.49. The number of nitrogens with one attached hydrogen (secondary N) is 1. The molecule has 1 aliphatic carbocycles. The van der Waals surface area contributed by atoms with Gasteiger partial charge in [-0.15, -0.1) is 5.10 Å². The van der Waals surface area contributed by atoms with Crippen molar-refractivity contribution in [1.29, 1.82) is 0 Å². The van der Waals surface area contributed by atoms with Crippen LogP contribution in [0.2, 0.25) is 0 Å². The Morgan fingerprint density at radius 3 is 2.44 bits per heavy atom. The minimum absolute atomic E-state index is 0.279. The van der Waals surface area contributed by atoms with Gasteiger partial charge in [0.05, 0.1) is 18.3 Å². The van der Waals surface area contributed by atoms with Crippen molar-refractivity contribution in [2.24, 2.45) is 0 Å². The van der Waals surface area contributed by atoms with Crippen molar-refractivity contribution in [1.82, 2.24) is 20.2 Å². The van der Waals surface area contributed by atoms with Crippen LogP contribution in [0.3, 0.4) is 0 Å². The number of para-hydroxylation sites is 1. The maximum Gasteiger partial charge on any atom is 0.181 e. The second-order valence-electron chi connectivity index (χ2n) is 7.20. The van der Waals surface area contributed by atoms with Crippen molar-refractivity contribution in [2.45, 2.75) is 44.6 Å². The van der Waals surface area contributed by atoms with Crippen LogP contribution in [0.1, 0.15) is 43.5 Å². The number of aryl methyl sites for hydroxylation is 1. The Hall–Kier alpha value is -2.89. The summed E-state index contributed by atoms with van der Waals surface area (Å²) in [4.78, 5) is 0. The molecule has 1 aromatic heterocycles. The molecule has 140 valence electrons. The van der Waals surface area contributed by atoms with Gasteiger partial charge in [-0.3, -0.25) is 0 Å². The van der Waals surface area contributed by atoms with Gasteiger partial charge in [-0.1, -0.05) is 37.5 Å². The molecule has 0 aliphatic heterocycles. The Balaban J connectivity index is 1.75. The second-order valence-corrected chi connectivity index (χ2v) is 7.20. The number of ether oxygens (including phenoxy) is 1. The van der Waals surface area contributed by atoms with E-state index in [9.17, 15) is 0 Å². The largest absolute Gasteiger partial charge is 0.497 e. The molecule has 0 radical (unpaired) electrons. The lowest BCUT2D eigenvalue weighted by Gasteiger charge is -2.37. The third kappa shape index (κ3) is 3.39. The number of hydrogen-bond donors (Lipinski definition) is 1. The van der Waals surface area contributed by atoms with Crippen LogP contribution in [0.4, 0.5) is 5.69 Å². The molecule has 1 heterocycles. The average molecular weight is 363 g/mol. The first kappa shape index (κ1) is 17.5. The molecule has 1 aliphatic rings. The Kier molecular flexibility index (Phi) is 4.79. The van der Waals surface area contributed by atoms with Gasteiger partial charge < -0.3 is 10.1 Å². The predicted molar refractivity (Wildman–Crippen MR) is 105 cm³/mol. The van der Waals surface area contributed by atoms with Crippen LogP contribution in [0.5, 0.6) is 5.75 Å². The summed E-state index contributed by atoms with van der Waals surface area (Å²) < 4.78 is 7.18. The smallest absolute Gasteiger partial charge is 0.181 e. The van der Waals surface area contributed by atoms with Crippen molar-refractivity contribution < 1.29 is 4.74 Å². The van der Waals surface area contributed by atoms with Gasteiger partial charge >= 0.3 is 0 Å². The predicted octanol–water partition coefficient (Wildman–Crippen LogP) is 4.25. The summed E-state index contributed by atoms with van der Waals surface area (Å²) in [6.45, 7) is 2.09. The molecule has 4 rings (SSSR count). The van der Waals surface area contributed by atoms with Gasteiger partial charge in [0.25, 0.3) is 0 Å². The van der Waals surface area contributed by atoms with E-state index in [0.717, 1.165) is 54.2 Å². The summed E-state index contributed by atoms with van der Waals surface area (Å²) in [5, 5.41) is 16.6. The maximum absolute atomic E-state index is 5.28. The van der Waals surface area contributed by atoms with Crippen LogP contribution in [0, 0.1) is 6.92 Å². The van der Waals surface area contributed by atoms with Gasteiger partial charge in [-0.25, -0.2) is 0 Å². The lowest BCUT2D eigenvalue weighted by molar-refractivity contribution is 0.309. The lowest BCUT2D eigenvalue weighted by atomic mass is 9.80. The van der Waals surface area contributed by atoms with E-state index in [4.69, 9.17) is 4.74 Å². The lowest BCUT2D eigenvalue weighted by Crippen LogP contribution is -2.40. The molecule has 27 heavy (non-hydrogen) atoms. The molecule has 1 saturated carbocycles. The Morgan fingerprint density at radius 1 is 1.00 bits per heavy atom. The van der Waals surface area contributed by atoms with Gasteiger partial charge in [0.15, 0.2) is 5.82 Å². The third-order valence-electron chi connectivity index (χ3n) is 5.42. The molecule has 0 unspecified atom stereocenters. The van der Waals surface area contributed by atoms with Gasteiger partial charge in [-0.05, 0) is 66.1 Å². The summed E-state index contributed by atoms with van der Waals surface area (Å²) in [5.74, 6) is 1.73. The van der Waals surface area contributed by atoms with Gasteiger partial charge in [0, 0.05) is 5.69 Å². The highest BCUT2D eigenvalue weighted by molar-refractivity contribution is 5.50. The van der Waals surface area contributed by atoms with E-state index >= 15 is 0 Å². The highest BCUT2D eigenvalue weighted by atomic mass is 16.5. The summed E-state index contributed by atoms with van der Waals surface area (Å²) in [5.41, 5.74) is 2.95. The Bertz CT molecular complexity index is 897. The molecule has 0 bridgehead atoms. The minimum Gasteiger partial charge on any atom is -0.497 e. The van der Waals surface area contributed by atoms with E-state index in [1.165, 1.54) is 6.42 Å². The molecular weight excluding hydrogens is 338 g/mol. The Labute approximate surface area is 159 Å². The number of nitrogens with zero attached hydrogens (tertiary/aromatic N) is 4. The van der Waals surface area contributed by atoms with Crippen LogP contribution in [-0.2, 0) is 5.54 Å².